The minimum Gasteiger partial charge on any atom is -0.388 e. The fourth-order valence-corrected chi connectivity index (χ4v) is 3.64. The van der Waals surface area contributed by atoms with Crippen LogP contribution in [-0.2, 0) is 7.05 Å². The number of fused-ring (bicyclic) bond motifs is 1. The highest BCUT2D eigenvalue weighted by molar-refractivity contribution is 5.85. The van der Waals surface area contributed by atoms with E-state index in [2.05, 4.69) is 102 Å². The van der Waals surface area contributed by atoms with Crippen molar-refractivity contribution in [1.82, 2.24) is 4.57 Å². The van der Waals surface area contributed by atoms with Crippen LogP contribution in [-0.4, -0.2) is 11.6 Å². The lowest BCUT2D eigenvalue weighted by Crippen LogP contribution is -2.03. The molecule has 4 aromatic rings. The average molecular weight is 326 g/mol. The first-order chi connectivity index (χ1) is 12.3. The third-order valence-corrected chi connectivity index (χ3v) is 4.90. The standard InChI is InChI=1S/C23H22N2/c1-24-19-14-12-18(13-15-19)23(17-8-4-3-5-9-17)21-16-25(2)22-11-7-6-10-20(21)22/h3-16,23-24H,1-2H3. The van der Waals surface area contributed by atoms with Crippen molar-refractivity contribution in [3.05, 3.63) is 102 Å². The van der Waals surface area contributed by atoms with Gasteiger partial charge >= 0.3 is 0 Å². The lowest BCUT2D eigenvalue weighted by molar-refractivity contribution is 0.927. The third kappa shape index (κ3) is 2.80. The summed E-state index contributed by atoms with van der Waals surface area (Å²) in [6.07, 6.45) is 2.27. The molecular weight excluding hydrogens is 304 g/mol. The summed E-state index contributed by atoms with van der Waals surface area (Å²) in [4.78, 5) is 0. The first-order valence-electron chi connectivity index (χ1n) is 8.64. The zero-order chi connectivity index (χ0) is 17.2. The van der Waals surface area contributed by atoms with Crippen LogP contribution in [0.1, 0.15) is 22.6 Å². The Morgan fingerprint density at radius 3 is 2.12 bits per heavy atom. The van der Waals surface area contributed by atoms with Gasteiger partial charge in [-0.05, 0) is 34.9 Å². The first kappa shape index (κ1) is 15.5. The summed E-state index contributed by atoms with van der Waals surface area (Å²) in [6.45, 7) is 0. The summed E-state index contributed by atoms with van der Waals surface area (Å²) >= 11 is 0. The number of benzene rings is 3. The van der Waals surface area contributed by atoms with E-state index in [-0.39, 0.29) is 5.92 Å². The Labute approximate surface area is 148 Å². The predicted molar refractivity (Wildman–Crippen MR) is 106 cm³/mol. The Bertz CT molecular complexity index is 982. The lowest BCUT2D eigenvalue weighted by Gasteiger charge is -2.18. The van der Waals surface area contributed by atoms with E-state index in [1.54, 1.807) is 0 Å². The maximum Gasteiger partial charge on any atom is 0.0480 e. The number of nitrogens with zero attached hydrogens (tertiary/aromatic N) is 1. The molecule has 4 rings (SSSR count). The number of aryl methyl sites for hydroxylation is 1. The van der Waals surface area contributed by atoms with Crippen LogP contribution in [0.3, 0.4) is 0 Å². The van der Waals surface area contributed by atoms with E-state index in [9.17, 15) is 0 Å². The van der Waals surface area contributed by atoms with Crippen LogP contribution in [0.5, 0.6) is 0 Å². The number of para-hydroxylation sites is 1. The third-order valence-electron chi connectivity index (χ3n) is 4.90. The molecule has 0 aliphatic heterocycles. The Balaban J connectivity index is 1.93. The molecule has 0 amide bonds. The molecule has 1 atom stereocenters. The van der Waals surface area contributed by atoms with E-state index in [1.807, 2.05) is 7.05 Å². The van der Waals surface area contributed by atoms with Gasteiger partial charge in [0.1, 0.15) is 0 Å². The zero-order valence-corrected chi connectivity index (χ0v) is 14.6. The molecule has 1 unspecified atom stereocenters. The molecule has 0 saturated heterocycles. The van der Waals surface area contributed by atoms with Gasteiger partial charge < -0.3 is 9.88 Å². The van der Waals surface area contributed by atoms with E-state index < -0.39 is 0 Å². The molecule has 0 saturated carbocycles. The summed E-state index contributed by atoms with van der Waals surface area (Å²) in [5.74, 6) is 0.221. The molecule has 0 aliphatic rings. The normalized spacial score (nSPS) is 12.2. The van der Waals surface area contributed by atoms with Gasteiger partial charge in [0.25, 0.3) is 0 Å². The van der Waals surface area contributed by atoms with Crippen molar-refractivity contribution in [3.8, 4) is 0 Å². The van der Waals surface area contributed by atoms with E-state index >= 15 is 0 Å². The molecule has 0 aliphatic carbocycles. The van der Waals surface area contributed by atoms with Gasteiger partial charge in [0.15, 0.2) is 0 Å². The molecule has 0 bridgehead atoms. The smallest absolute Gasteiger partial charge is 0.0480 e. The van der Waals surface area contributed by atoms with Crippen molar-refractivity contribution < 1.29 is 0 Å². The molecular formula is C23H22N2. The van der Waals surface area contributed by atoms with Gasteiger partial charge in [-0.3, -0.25) is 0 Å². The van der Waals surface area contributed by atoms with Crippen LogP contribution >= 0.6 is 0 Å². The van der Waals surface area contributed by atoms with Crippen molar-refractivity contribution in [2.24, 2.45) is 7.05 Å². The van der Waals surface area contributed by atoms with Gasteiger partial charge in [-0.2, -0.15) is 0 Å². The van der Waals surface area contributed by atoms with Gasteiger partial charge in [-0.25, -0.2) is 0 Å². The Morgan fingerprint density at radius 1 is 0.760 bits per heavy atom. The van der Waals surface area contributed by atoms with Gasteiger partial charge in [0.2, 0.25) is 0 Å². The molecule has 0 fully saturated rings. The van der Waals surface area contributed by atoms with Crippen LogP contribution in [0.2, 0.25) is 0 Å². The van der Waals surface area contributed by atoms with E-state index in [1.165, 1.54) is 27.6 Å². The predicted octanol–water partition coefficient (Wildman–Crippen LogP) is 5.40. The Morgan fingerprint density at radius 2 is 1.40 bits per heavy atom. The quantitative estimate of drug-likeness (QED) is 0.531. The number of hydrogen-bond donors (Lipinski definition) is 1. The molecule has 2 nitrogen and oxygen atoms in total. The van der Waals surface area contributed by atoms with E-state index in [0.717, 1.165) is 5.69 Å². The van der Waals surface area contributed by atoms with Crippen LogP contribution in [0.25, 0.3) is 10.9 Å². The van der Waals surface area contributed by atoms with Gasteiger partial charge in [-0.1, -0.05) is 60.7 Å². The van der Waals surface area contributed by atoms with Gasteiger partial charge in [0.05, 0.1) is 0 Å². The minimum absolute atomic E-state index is 0.221. The summed E-state index contributed by atoms with van der Waals surface area (Å²) in [5.41, 5.74) is 6.37. The fraction of sp³-hybridized carbons (Fsp3) is 0.130. The topological polar surface area (TPSA) is 17.0 Å². The van der Waals surface area contributed by atoms with Crippen molar-refractivity contribution in [2.45, 2.75) is 5.92 Å². The molecule has 124 valence electrons. The summed E-state index contributed by atoms with van der Waals surface area (Å²) in [6, 6.07) is 28.1. The van der Waals surface area contributed by atoms with Crippen molar-refractivity contribution >= 4 is 16.6 Å². The largest absolute Gasteiger partial charge is 0.388 e. The highest BCUT2D eigenvalue weighted by Gasteiger charge is 2.20. The molecule has 1 heterocycles. The number of aromatic nitrogens is 1. The zero-order valence-electron chi connectivity index (χ0n) is 14.6. The fourth-order valence-electron chi connectivity index (χ4n) is 3.64. The highest BCUT2D eigenvalue weighted by atomic mass is 14.9. The lowest BCUT2D eigenvalue weighted by atomic mass is 9.85. The minimum atomic E-state index is 0.221. The Hall–Kier alpha value is -3.00. The number of anilines is 1. The van der Waals surface area contributed by atoms with Crippen LogP contribution in [0.15, 0.2) is 85.1 Å². The maximum absolute atomic E-state index is 3.20. The average Bonchev–Trinajstić information content (AvgIpc) is 3.00. The second-order valence-electron chi connectivity index (χ2n) is 6.43. The van der Waals surface area contributed by atoms with Crippen LogP contribution in [0.4, 0.5) is 5.69 Å². The molecule has 3 aromatic carbocycles. The van der Waals surface area contributed by atoms with E-state index in [0.29, 0.717) is 0 Å². The number of hydrogen-bond acceptors (Lipinski definition) is 1. The van der Waals surface area contributed by atoms with Crippen LogP contribution in [0, 0.1) is 0 Å². The molecule has 2 heteroatoms. The number of rotatable bonds is 4. The first-order valence-corrected chi connectivity index (χ1v) is 8.64. The molecule has 1 aromatic heterocycles. The second-order valence-corrected chi connectivity index (χ2v) is 6.43. The molecule has 25 heavy (non-hydrogen) atoms. The highest BCUT2D eigenvalue weighted by Crippen LogP contribution is 2.37. The monoisotopic (exact) mass is 326 g/mol. The summed E-state index contributed by atoms with van der Waals surface area (Å²) in [7, 11) is 4.08. The molecule has 0 spiro atoms. The van der Waals surface area contributed by atoms with Gasteiger partial charge in [-0.15, -0.1) is 0 Å². The molecule has 1 N–H and O–H groups in total. The van der Waals surface area contributed by atoms with Gasteiger partial charge in [0, 0.05) is 42.8 Å². The summed E-state index contributed by atoms with van der Waals surface area (Å²) < 4.78 is 2.22. The van der Waals surface area contributed by atoms with Crippen molar-refractivity contribution in [1.29, 1.82) is 0 Å². The Kier molecular flexibility index (Phi) is 4.02. The molecule has 0 radical (unpaired) electrons. The maximum atomic E-state index is 3.20. The van der Waals surface area contributed by atoms with Crippen molar-refractivity contribution in [2.75, 3.05) is 12.4 Å². The second kappa shape index (κ2) is 6.48. The number of nitrogens with one attached hydrogen (secondary N) is 1. The van der Waals surface area contributed by atoms with Crippen LogP contribution < -0.4 is 5.32 Å². The summed E-state index contributed by atoms with van der Waals surface area (Å²) in [5, 5.41) is 4.52. The SMILES string of the molecule is CNc1ccc(C(c2ccccc2)c2cn(C)c3ccccc23)cc1. The van der Waals surface area contributed by atoms with Crippen molar-refractivity contribution in [3.63, 3.8) is 0 Å². The van der Waals surface area contributed by atoms with E-state index in [4.69, 9.17) is 0 Å².